The number of carbonyl (C=O) groups is 5. The molecule has 1 aromatic rings. The molecule has 0 spiro atoms. The Labute approximate surface area is 190 Å². The van der Waals surface area contributed by atoms with Gasteiger partial charge in [0, 0.05) is 6.54 Å². The highest BCUT2D eigenvalue weighted by molar-refractivity contribution is 8.02. The highest BCUT2D eigenvalue weighted by Gasteiger charge is 2.61. The molecular weight excluding hydrogens is 466 g/mol. The molecular formula is C19H18ClN3O8S. The van der Waals surface area contributed by atoms with Gasteiger partial charge in [-0.25, -0.2) is 4.79 Å². The first-order valence-electron chi connectivity index (χ1n) is 9.64. The molecule has 3 amide bonds. The fourth-order valence-corrected chi connectivity index (χ4v) is 5.90. The maximum absolute atomic E-state index is 13.1. The summed E-state index contributed by atoms with van der Waals surface area (Å²) < 4.78 is 0. The molecule has 3 saturated heterocycles. The number of carboxylic acid groups (broad SMARTS) is 1. The number of benzene rings is 1. The summed E-state index contributed by atoms with van der Waals surface area (Å²) in [6, 6.07) is 0.906. The first-order valence-corrected chi connectivity index (χ1v) is 10.9. The number of aromatic hydroxyl groups is 2. The molecule has 3 atom stereocenters. The minimum Gasteiger partial charge on any atom is -0.504 e. The molecule has 3 aliphatic rings. The number of phenolic OH excluding ortho intramolecular Hbond substituents is 2. The van der Waals surface area contributed by atoms with E-state index >= 15 is 0 Å². The number of piperidine rings is 1. The summed E-state index contributed by atoms with van der Waals surface area (Å²) in [5.74, 6) is -5.73. The van der Waals surface area contributed by atoms with E-state index in [-0.39, 0.29) is 42.8 Å². The van der Waals surface area contributed by atoms with Crippen molar-refractivity contribution in [2.45, 2.75) is 35.5 Å². The maximum atomic E-state index is 13.1. The second-order valence-electron chi connectivity index (χ2n) is 7.67. The topological polar surface area (TPSA) is 165 Å². The van der Waals surface area contributed by atoms with E-state index in [1.54, 1.807) is 0 Å². The third-order valence-corrected chi connectivity index (χ3v) is 7.78. The Morgan fingerprint density at radius 1 is 1.22 bits per heavy atom. The highest BCUT2D eigenvalue weighted by atomic mass is 35.5. The summed E-state index contributed by atoms with van der Waals surface area (Å²) >= 11 is 6.85. The second kappa shape index (κ2) is 7.85. The summed E-state index contributed by atoms with van der Waals surface area (Å²) in [5, 5.41) is 30.5. The maximum Gasteiger partial charge on any atom is 0.342 e. The normalized spacial score (nSPS) is 27.0. The predicted octanol–water partition coefficient (Wildman–Crippen LogP) is 0.127. The van der Waals surface area contributed by atoms with Crippen LogP contribution in [-0.2, 0) is 19.2 Å². The number of aliphatic carboxylic acids is 1. The second-order valence-corrected chi connectivity index (χ2v) is 9.50. The summed E-state index contributed by atoms with van der Waals surface area (Å²) in [6.07, 6.45) is 0.770. The van der Waals surface area contributed by atoms with Gasteiger partial charge in [0.1, 0.15) is 6.04 Å². The first kappa shape index (κ1) is 22.2. The molecule has 13 heteroatoms. The number of rotatable bonds is 5. The minimum atomic E-state index is -1.66. The Morgan fingerprint density at radius 3 is 2.56 bits per heavy atom. The fourth-order valence-electron chi connectivity index (χ4n) is 4.04. The number of fused-ring (bicyclic) bond motifs is 1. The first-order chi connectivity index (χ1) is 15.1. The smallest absolute Gasteiger partial charge is 0.342 e. The summed E-state index contributed by atoms with van der Waals surface area (Å²) in [4.78, 5) is 62.9. The third-order valence-electron chi connectivity index (χ3n) is 5.79. The number of likely N-dealkylation sites (tertiary alicyclic amines) is 1. The number of β-lactam (4-membered cyclic amide) rings is 1. The standard InChI is InChI=1S/C19H18ClN3O8S/c20-13-8(3-4-10(24)15(13)27)14(26)16(28)21-9-2-1-5-23(17(9)29)19(18(30)31)7-22-11(25)6-12(22)32-19/h3-4,9,12,24,27H,1-2,5-7H2,(H,21,28)(H,30,31)/t9-,12?,19?/m0/s1. The van der Waals surface area contributed by atoms with Crippen molar-refractivity contribution in [1.82, 2.24) is 15.1 Å². The van der Waals surface area contributed by atoms with Gasteiger partial charge in [0.2, 0.25) is 16.7 Å². The van der Waals surface area contributed by atoms with Crippen molar-refractivity contribution < 1.29 is 39.3 Å². The van der Waals surface area contributed by atoms with E-state index in [1.165, 1.54) is 4.90 Å². The summed E-state index contributed by atoms with van der Waals surface area (Å²) in [6.45, 7) is -0.0188. The van der Waals surface area contributed by atoms with Crippen LogP contribution in [0.25, 0.3) is 0 Å². The number of hydrogen-bond donors (Lipinski definition) is 4. The van der Waals surface area contributed by atoms with Crippen LogP contribution in [0.5, 0.6) is 11.5 Å². The third kappa shape index (κ3) is 3.34. The monoisotopic (exact) mass is 483 g/mol. The van der Waals surface area contributed by atoms with Crippen LogP contribution in [0.1, 0.15) is 29.6 Å². The fraction of sp³-hybridized carbons (Fsp3) is 0.421. The SMILES string of the molecule is O=C(N[C@H]1CCCN(C2(C(=O)O)CN3C(=O)CC3S2)C1=O)C(=O)c1ccc(O)c(O)c1Cl. The molecule has 4 rings (SSSR count). The van der Waals surface area contributed by atoms with Crippen LogP contribution in [0.3, 0.4) is 0 Å². The van der Waals surface area contributed by atoms with Gasteiger partial charge < -0.3 is 30.4 Å². The summed E-state index contributed by atoms with van der Waals surface area (Å²) in [5.41, 5.74) is -0.365. The highest BCUT2D eigenvalue weighted by Crippen LogP contribution is 2.49. The van der Waals surface area contributed by atoms with E-state index < -0.39 is 51.0 Å². The molecule has 0 aromatic heterocycles. The van der Waals surface area contributed by atoms with E-state index in [1.807, 2.05) is 0 Å². The van der Waals surface area contributed by atoms with E-state index in [0.29, 0.717) is 6.42 Å². The zero-order chi connectivity index (χ0) is 23.4. The van der Waals surface area contributed by atoms with Gasteiger partial charge in [-0.1, -0.05) is 23.4 Å². The minimum absolute atomic E-state index is 0.130. The van der Waals surface area contributed by atoms with Crippen molar-refractivity contribution in [3.63, 3.8) is 0 Å². The van der Waals surface area contributed by atoms with Crippen LogP contribution in [0.15, 0.2) is 12.1 Å². The van der Waals surface area contributed by atoms with Gasteiger partial charge in [-0.2, -0.15) is 0 Å². The lowest BCUT2D eigenvalue weighted by molar-refractivity contribution is -0.157. The van der Waals surface area contributed by atoms with Crippen LogP contribution in [0, 0.1) is 0 Å². The lowest BCUT2D eigenvalue weighted by Gasteiger charge is -2.41. The largest absolute Gasteiger partial charge is 0.504 e. The van der Waals surface area contributed by atoms with Crippen LogP contribution < -0.4 is 5.32 Å². The molecule has 170 valence electrons. The Bertz CT molecular complexity index is 1070. The quantitative estimate of drug-likeness (QED) is 0.197. The van der Waals surface area contributed by atoms with Crippen molar-refractivity contribution >= 4 is 52.8 Å². The number of halogens is 1. The van der Waals surface area contributed by atoms with Crippen molar-refractivity contribution in [1.29, 1.82) is 0 Å². The zero-order valence-corrected chi connectivity index (χ0v) is 18.0. The van der Waals surface area contributed by atoms with Crippen molar-refractivity contribution in [3.05, 3.63) is 22.7 Å². The molecule has 0 aliphatic carbocycles. The molecule has 0 radical (unpaired) electrons. The van der Waals surface area contributed by atoms with Crippen molar-refractivity contribution in [3.8, 4) is 11.5 Å². The number of carbonyl (C=O) groups excluding carboxylic acids is 4. The van der Waals surface area contributed by atoms with Crippen LogP contribution in [0.2, 0.25) is 5.02 Å². The van der Waals surface area contributed by atoms with Crippen LogP contribution in [0.4, 0.5) is 0 Å². The van der Waals surface area contributed by atoms with E-state index in [4.69, 9.17) is 11.6 Å². The van der Waals surface area contributed by atoms with Gasteiger partial charge >= 0.3 is 5.97 Å². The number of carboxylic acids is 1. The molecule has 4 N–H and O–H groups in total. The lowest BCUT2D eigenvalue weighted by Crippen LogP contribution is -2.64. The number of amides is 3. The molecule has 11 nitrogen and oxygen atoms in total. The van der Waals surface area contributed by atoms with Crippen LogP contribution in [-0.4, -0.2) is 84.0 Å². The molecule has 0 bridgehead atoms. The lowest BCUT2D eigenvalue weighted by atomic mass is 10.0. The molecule has 3 heterocycles. The van der Waals surface area contributed by atoms with Gasteiger partial charge in [0.05, 0.1) is 28.9 Å². The zero-order valence-electron chi connectivity index (χ0n) is 16.4. The predicted molar refractivity (Wildman–Crippen MR) is 110 cm³/mol. The number of nitrogens with zero attached hydrogens (tertiary/aromatic N) is 2. The number of ketones is 1. The molecule has 1 aromatic carbocycles. The Hall–Kier alpha value is -2.99. The number of hydrogen-bond acceptors (Lipinski definition) is 8. The molecule has 3 aliphatic heterocycles. The molecule has 0 saturated carbocycles. The Balaban J connectivity index is 1.52. The molecule has 3 fully saturated rings. The van der Waals surface area contributed by atoms with E-state index in [2.05, 4.69) is 5.32 Å². The summed E-state index contributed by atoms with van der Waals surface area (Å²) in [7, 11) is 0. The molecule has 32 heavy (non-hydrogen) atoms. The number of nitrogens with one attached hydrogen (secondary N) is 1. The Kier molecular flexibility index (Phi) is 5.45. The van der Waals surface area contributed by atoms with Gasteiger partial charge in [0.25, 0.3) is 11.7 Å². The van der Waals surface area contributed by atoms with Gasteiger partial charge in [-0.15, -0.1) is 0 Å². The molecule has 2 unspecified atom stereocenters. The number of phenols is 2. The Morgan fingerprint density at radius 2 is 1.94 bits per heavy atom. The number of thioether (sulfide) groups is 1. The van der Waals surface area contributed by atoms with Crippen molar-refractivity contribution in [2.24, 2.45) is 0 Å². The van der Waals surface area contributed by atoms with Crippen LogP contribution >= 0.6 is 23.4 Å². The van der Waals surface area contributed by atoms with E-state index in [9.17, 15) is 39.3 Å². The van der Waals surface area contributed by atoms with Gasteiger partial charge in [0.15, 0.2) is 11.5 Å². The van der Waals surface area contributed by atoms with E-state index in [0.717, 1.165) is 28.8 Å². The average molecular weight is 484 g/mol. The van der Waals surface area contributed by atoms with Gasteiger partial charge in [-0.3, -0.25) is 19.2 Å². The number of Topliss-reactive ketones (excluding diaryl/α,β-unsaturated/α-hetero) is 1. The average Bonchev–Trinajstić information content (AvgIpc) is 3.07. The van der Waals surface area contributed by atoms with Gasteiger partial charge in [-0.05, 0) is 25.0 Å². The van der Waals surface area contributed by atoms with Crippen molar-refractivity contribution in [2.75, 3.05) is 13.1 Å².